The summed E-state index contributed by atoms with van der Waals surface area (Å²) in [6.45, 7) is 2.15. The van der Waals surface area contributed by atoms with Crippen molar-refractivity contribution in [3.8, 4) is 0 Å². The quantitative estimate of drug-likeness (QED) is 0.774. The normalized spacial score (nSPS) is 12.5. The van der Waals surface area contributed by atoms with E-state index in [0.717, 1.165) is 11.8 Å². The number of carbonyl (C=O) groups excluding carboxylic acids is 1. The number of carbonyl (C=O) groups is 1. The summed E-state index contributed by atoms with van der Waals surface area (Å²) < 4.78 is 24.9. The molecule has 1 unspecified atom stereocenters. The zero-order chi connectivity index (χ0) is 18.6. The highest BCUT2D eigenvalue weighted by molar-refractivity contribution is 7.92. The number of hydrogen-bond acceptors (Lipinski definition) is 3. The van der Waals surface area contributed by atoms with Gasteiger partial charge in [-0.05, 0) is 42.3 Å². The van der Waals surface area contributed by atoms with Gasteiger partial charge in [0.15, 0.2) is 0 Å². The lowest BCUT2D eigenvalue weighted by Gasteiger charge is -2.14. The molecular weight excluding hydrogens is 383 g/mol. The van der Waals surface area contributed by atoms with E-state index < -0.39 is 15.9 Å². The van der Waals surface area contributed by atoms with Crippen molar-refractivity contribution < 1.29 is 13.2 Å². The van der Waals surface area contributed by atoms with Crippen molar-refractivity contribution in [1.29, 1.82) is 0 Å². The average Bonchev–Trinajstić information content (AvgIpc) is 2.54. The van der Waals surface area contributed by atoms with Gasteiger partial charge in [-0.25, -0.2) is 8.42 Å². The molecule has 134 valence electrons. The van der Waals surface area contributed by atoms with E-state index in [-0.39, 0.29) is 16.6 Å². The summed E-state index contributed by atoms with van der Waals surface area (Å²) in [7, 11) is -3.41. The Morgan fingerprint density at radius 3 is 2.32 bits per heavy atom. The molecule has 2 aromatic carbocycles. The van der Waals surface area contributed by atoms with Crippen LogP contribution in [0, 0.1) is 0 Å². The second-order valence-electron chi connectivity index (χ2n) is 5.68. The first-order chi connectivity index (χ1) is 11.7. The number of anilines is 1. The summed E-state index contributed by atoms with van der Waals surface area (Å²) >= 11 is 11.9. The van der Waals surface area contributed by atoms with E-state index in [1.54, 1.807) is 37.3 Å². The van der Waals surface area contributed by atoms with Crippen LogP contribution in [0.15, 0.2) is 42.5 Å². The van der Waals surface area contributed by atoms with Crippen molar-refractivity contribution in [1.82, 2.24) is 5.32 Å². The van der Waals surface area contributed by atoms with Gasteiger partial charge in [-0.1, -0.05) is 41.4 Å². The fraction of sp³-hybridized carbons (Fsp3) is 0.235. The van der Waals surface area contributed by atoms with E-state index in [0.29, 0.717) is 17.1 Å². The first-order valence-electron chi connectivity index (χ1n) is 7.45. The smallest absolute Gasteiger partial charge is 0.229 e. The maximum absolute atomic E-state index is 12.3. The summed E-state index contributed by atoms with van der Waals surface area (Å²) in [6.07, 6.45) is 1.05. The zero-order valence-corrected chi connectivity index (χ0v) is 16.0. The van der Waals surface area contributed by atoms with Gasteiger partial charge in [-0.2, -0.15) is 0 Å². The molecule has 25 heavy (non-hydrogen) atoms. The molecule has 0 fully saturated rings. The fourth-order valence-corrected chi connectivity index (χ4v) is 3.17. The summed E-state index contributed by atoms with van der Waals surface area (Å²) in [5.74, 6) is -0.591. The van der Waals surface area contributed by atoms with Gasteiger partial charge in [0, 0.05) is 11.6 Å². The molecule has 0 aliphatic carbocycles. The molecule has 2 rings (SSSR count). The third-order valence-electron chi connectivity index (χ3n) is 3.56. The van der Waals surface area contributed by atoms with Crippen molar-refractivity contribution >= 4 is 44.8 Å². The van der Waals surface area contributed by atoms with Crippen LogP contribution in [-0.4, -0.2) is 20.6 Å². The van der Waals surface area contributed by atoms with E-state index in [9.17, 15) is 13.2 Å². The Kier molecular flexibility index (Phi) is 6.32. The summed E-state index contributed by atoms with van der Waals surface area (Å²) in [6, 6.07) is 12.0. The third kappa shape index (κ3) is 5.92. The summed E-state index contributed by atoms with van der Waals surface area (Å²) in [5.41, 5.74) is 1.91. The van der Waals surface area contributed by atoms with Crippen LogP contribution in [0.1, 0.15) is 24.0 Å². The molecule has 8 heteroatoms. The van der Waals surface area contributed by atoms with Crippen LogP contribution in [0.4, 0.5) is 5.69 Å². The first-order valence-corrected chi connectivity index (χ1v) is 10.1. The van der Waals surface area contributed by atoms with Crippen LogP contribution in [0.2, 0.25) is 10.0 Å². The largest absolute Gasteiger partial charge is 0.352 e. The second kappa shape index (κ2) is 8.08. The Morgan fingerprint density at radius 2 is 1.76 bits per heavy atom. The molecule has 2 N–H and O–H groups in total. The molecule has 0 saturated heterocycles. The van der Waals surface area contributed by atoms with Crippen molar-refractivity contribution in [2.45, 2.75) is 19.4 Å². The van der Waals surface area contributed by atoms with Crippen LogP contribution in [0.3, 0.4) is 0 Å². The molecule has 0 bridgehead atoms. The lowest BCUT2D eigenvalue weighted by atomic mass is 10.00. The van der Waals surface area contributed by atoms with E-state index in [4.69, 9.17) is 23.2 Å². The SMILES string of the molecule is CC(C(=O)NCc1ccc(Cl)cc1)c1ccc(NS(C)(=O)=O)c(Cl)c1. The number of sulfonamides is 1. The molecule has 2 aromatic rings. The van der Waals surface area contributed by atoms with Crippen molar-refractivity contribution in [3.05, 3.63) is 63.6 Å². The van der Waals surface area contributed by atoms with Crippen molar-refractivity contribution in [2.24, 2.45) is 0 Å². The highest BCUT2D eigenvalue weighted by Gasteiger charge is 2.17. The molecular formula is C17H18Cl2N2O3S. The van der Waals surface area contributed by atoms with Gasteiger partial charge in [0.25, 0.3) is 0 Å². The van der Waals surface area contributed by atoms with Gasteiger partial charge in [0.05, 0.1) is 22.9 Å². The molecule has 0 saturated carbocycles. The second-order valence-corrected chi connectivity index (χ2v) is 8.27. The molecule has 0 radical (unpaired) electrons. The Morgan fingerprint density at radius 1 is 1.12 bits per heavy atom. The monoisotopic (exact) mass is 400 g/mol. The number of nitrogens with one attached hydrogen (secondary N) is 2. The van der Waals surface area contributed by atoms with Gasteiger partial charge in [0.2, 0.25) is 15.9 Å². The topological polar surface area (TPSA) is 75.3 Å². The van der Waals surface area contributed by atoms with E-state index in [2.05, 4.69) is 10.0 Å². The number of benzene rings is 2. The fourth-order valence-electron chi connectivity index (χ4n) is 2.18. The van der Waals surface area contributed by atoms with E-state index in [1.807, 2.05) is 12.1 Å². The molecule has 5 nitrogen and oxygen atoms in total. The standard InChI is InChI=1S/C17H18Cl2N2O3S/c1-11(17(22)20-10-12-3-6-14(18)7-4-12)13-5-8-16(15(19)9-13)21-25(2,23)24/h3-9,11,21H,10H2,1-2H3,(H,20,22). The van der Waals surface area contributed by atoms with Crippen LogP contribution in [0.25, 0.3) is 0 Å². The Hall–Kier alpha value is -1.76. The van der Waals surface area contributed by atoms with Crippen LogP contribution in [0.5, 0.6) is 0 Å². The lowest BCUT2D eigenvalue weighted by Crippen LogP contribution is -2.27. The van der Waals surface area contributed by atoms with Gasteiger partial charge >= 0.3 is 0 Å². The lowest BCUT2D eigenvalue weighted by molar-refractivity contribution is -0.122. The minimum Gasteiger partial charge on any atom is -0.352 e. The molecule has 0 heterocycles. The minimum atomic E-state index is -3.41. The van der Waals surface area contributed by atoms with Crippen molar-refractivity contribution in [2.75, 3.05) is 11.0 Å². The molecule has 0 aliphatic heterocycles. The molecule has 0 spiro atoms. The number of amides is 1. The summed E-state index contributed by atoms with van der Waals surface area (Å²) in [4.78, 5) is 12.3. The van der Waals surface area contributed by atoms with E-state index in [1.165, 1.54) is 0 Å². The van der Waals surface area contributed by atoms with Gasteiger partial charge in [-0.15, -0.1) is 0 Å². The predicted molar refractivity (Wildman–Crippen MR) is 102 cm³/mol. The van der Waals surface area contributed by atoms with Crippen LogP contribution in [-0.2, 0) is 21.4 Å². The van der Waals surface area contributed by atoms with Gasteiger partial charge in [-0.3, -0.25) is 9.52 Å². The zero-order valence-electron chi connectivity index (χ0n) is 13.7. The maximum Gasteiger partial charge on any atom is 0.229 e. The molecule has 1 amide bonds. The average molecular weight is 401 g/mol. The van der Waals surface area contributed by atoms with Crippen molar-refractivity contribution in [3.63, 3.8) is 0 Å². The third-order valence-corrected chi connectivity index (χ3v) is 4.72. The van der Waals surface area contributed by atoms with Crippen LogP contribution < -0.4 is 10.0 Å². The van der Waals surface area contributed by atoms with E-state index >= 15 is 0 Å². The number of rotatable bonds is 6. The number of halogens is 2. The molecule has 0 aromatic heterocycles. The predicted octanol–water partition coefficient (Wildman–Crippen LogP) is 3.78. The Labute approximate surface area is 157 Å². The number of hydrogen-bond donors (Lipinski definition) is 2. The Bertz CT molecular complexity index is 868. The highest BCUT2D eigenvalue weighted by atomic mass is 35.5. The Balaban J connectivity index is 2.03. The first kappa shape index (κ1) is 19.6. The maximum atomic E-state index is 12.3. The minimum absolute atomic E-state index is 0.158. The highest BCUT2D eigenvalue weighted by Crippen LogP contribution is 2.27. The molecule has 1 atom stereocenters. The van der Waals surface area contributed by atoms with Gasteiger partial charge in [0.1, 0.15) is 0 Å². The van der Waals surface area contributed by atoms with Gasteiger partial charge < -0.3 is 5.32 Å². The summed E-state index contributed by atoms with van der Waals surface area (Å²) in [5, 5.41) is 3.73. The van der Waals surface area contributed by atoms with Crippen LogP contribution >= 0.6 is 23.2 Å². The molecule has 0 aliphatic rings.